The van der Waals surface area contributed by atoms with Crippen LogP contribution in [0.1, 0.15) is 28.3 Å². The highest BCUT2D eigenvalue weighted by Crippen LogP contribution is 2.27. The van der Waals surface area contributed by atoms with Gasteiger partial charge in [-0.3, -0.25) is 9.78 Å². The second-order valence-corrected chi connectivity index (χ2v) is 5.81. The smallest absolute Gasteiger partial charge is 0.312 e. The fourth-order valence-electron chi connectivity index (χ4n) is 2.06. The van der Waals surface area contributed by atoms with Crippen molar-refractivity contribution in [3.63, 3.8) is 0 Å². The van der Waals surface area contributed by atoms with Crippen molar-refractivity contribution >= 4 is 21.9 Å². The lowest BCUT2D eigenvalue weighted by atomic mass is 9.95. The summed E-state index contributed by atoms with van der Waals surface area (Å²) in [6.07, 6.45) is 2.13. The molecular weight excluding hydrogens is 318 g/mol. The molecule has 1 atom stereocenters. The molecule has 1 N–H and O–H groups in total. The highest BCUT2D eigenvalue weighted by molar-refractivity contribution is 9.10. The second-order valence-electron chi connectivity index (χ2n) is 4.96. The summed E-state index contributed by atoms with van der Waals surface area (Å²) in [7, 11) is 0. The van der Waals surface area contributed by atoms with E-state index in [2.05, 4.69) is 20.9 Å². The Kier molecular flexibility index (Phi) is 4.55. The van der Waals surface area contributed by atoms with Gasteiger partial charge in [-0.25, -0.2) is 0 Å². The van der Waals surface area contributed by atoms with Crippen molar-refractivity contribution < 1.29 is 9.90 Å². The molecule has 20 heavy (non-hydrogen) atoms. The minimum absolute atomic E-state index is 0.435. The molecule has 0 saturated carbocycles. The van der Waals surface area contributed by atoms with Crippen molar-refractivity contribution in [1.29, 1.82) is 0 Å². The Labute approximate surface area is 126 Å². The van der Waals surface area contributed by atoms with Crippen LogP contribution in [0.2, 0.25) is 0 Å². The van der Waals surface area contributed by atoms with E-state index in [1.54, 1.807) is 6.20 Å². The summed E-state index contributed by atoms with van der Waals surface area (Å²) in [5.74, 6) is -1.50. The average Bonchev–Trinajstić information content (AvgIpc) is 2.39. The Morgan fingerprint density at radius 3 is 2.45 bits per heavy atom. The van der Waals surface area contributed by atoms with Crippen LogP contribution >= 0.6 is 15.9 Å². The predicted molar refractivity (Wildman–Crippen MR) is 81.9 cm³/mol. The number of benzene rings is 1. The van der Waals surface area contributed by atoms with E-state index >= 15 is 0 Å². The van der Waals surface area contributed by atoms with Gasteiger partial charge in [0.15, 0.2) is 0 Å². The summed E-state index contributed by atoms with van der Waals surface area (Å²) in [6.45, 7) is 3.94. The fraction of sp³-hybridized carbons (Fsp3) is 0.250. The monoisotopic (exact) mass is 333 g/mol. The summed E-state index contributed by atoms with van der Waals surface area (Å²) in [6, 6.07) is 9.81. The summed E-state index contributed by atoms with van der Waals surface area (Å²) in [4.78, 5) is 15.8. The van der Waals surface area contributed by atoms with Gasteiger partial charge >= 0.3 is 5.97 Å². The van der Waals surface area contributed by atoms with E-state index in [9.17, 15) is 9.90 Å². The van der Waals surface area contributed by atoms with E-state index in [0.717, 1.165) is 21.2 Å². The van der Waals surface area contributed by atoms with Gasteiger partial charge in [-0.1, -0.05) is 29.8 Å². The molecular formula is C16H16BrNO2. The molecule has 0 aliphatic heterocycles. The predicted octanol–water partition coefficient (Wildman–Crippen LogP) is 3.87. The molecule has 0 radical (unpaired) electrons. The summed E-state index contributed by atoms with van der Waals surface area (Å²) in [5, 5.41) is 9.48. The topological polar surface area (TPSA) is 50.2 Å². The third-order valence-corrected chi connectivity index (χ3v) is 3.83. The first-order chi connectivity index (χ1) is 9.47. The first-order valence-electron chi connectivity index (χ1n) is 6.38. The highest BCUT2D eigenvalue weighted by atomic mass is 79.9. The molecule has 4 heteroatoms. The van der Waals surface area contributed by atoms with Crippen LogP contribution in [0.15, 0.2) is 41.0 Å². The molecule has 0 aliphatic carbocycles. The van der Waals surface area contributed by atoms with Crippen LogP contribution in [0.3, 0.4) is 0 Å². The highest BCUT2D eigenvalue weighted by Gasteiger charge is 2.24. The number of nitrogens with zero attached hydrogens (tertiary/aromatic N) is 1. The molecule has 1 aromatic carbocycles. The first kappa shape index (κ1) is 14.7. The van der Waals surface area contributed by atoms with Gasteiger partial charge in [0, 0.05) is 10.7 Å². The Balaban J connectivity index is 2.31. The quantitative estimate of drug-likeness (QED) is 0.923. The van der Waals surface area contributed by atoms with Crippen molar-refractivity contribution in [1.82, 2.24) is 4.98 Å². The van der Waals surface area contributed by atoms with E-state index < -0.39 is 11.9 Å². The van der Waals surface area contributed by atoms with Gasteiger partial charge in [0.25, 0.3) is 0 Å². The molecule has 1 heterocycles. The van der Waals surface area contributed by atoms with E-state index in [1.165, 1.54) is 0 Å². The number of hydrogen-bond donors (Lipinski definition) is 1. The van der Waals surface area contributed by atoms with Crippen molar-refractivity contribution in [3.8, 4) is 0 Å². The lowest BCUT2D eigenvalue weighted by molar-refractivity contribution is -0.138. The zero-order chi connectivity index (χ0) is 14.7. The maximum atomic E-state index is 11.5. The first-order valence-corrected chi connectivity index (χ1v) is 7.17. The lowest BCUT2D eigenvalue weighted by Crippen LogP contribution is -2.16. The summed E-state index contributed by atoms with van der Waals surface area (Å²) in [5.41, 5.74) is 3.73. The van der Waals surface area contributed by atoms with Gasteiger partial charge < -0.3 is 5.11 Å². The van der Waals surface area contributed by atoms with Gasteiger partial charge in [-0.2, -0.15) is 0 Å². The molecule has 1 aromatic heterocycles. The molecule has 0 saturated heterocycles. The fourth-order valence-corrected chi connectivity index (χ4v) is 2.80. The minimum atomic E-state index is -0.859. The third-order valence-electron chi connectivity index (χ3n) is 3.19. The number of pyridine rings is 1. The summed E-state index contributed by atoms with van der Waals surface area (Å²) < 4.78 is 0.747. The Morgan fingerprint density at radius 2 is 1.90 bits per heavy atom. The number of halogens is 1. The normalized spacial score (nSPS) is 12.2. The third kappa shape index (κ3) is 3.45. The standard InChI is InChI=1S/C16H16BrNO2/c1-10-3-5-12(6-4-10)8-13(16(19)20)15-14(17)7-11(2)9-18-15/h3-7,9,13H,8H2,1-2H3,(H,19,20). The van der Waals surface area contributed by atoms with Crippen molar-refractivity contribution in [2.45, 2.75) is 26.2 Å². The number of carboxylic acid groups (broad SMARTS) is 1. The Bertz CT molecular complexity index is 623. The molecule has 3 nitrogen and oxygen atoms in total. The average molecular weight is 334 g/mol. The van der Waals surface area contributed by atoms with E-state index in [4.69, 9.17) is 0 Å². The van der Waals surface area contributed by atoms with Crippen molar-refractivity contribution in [2.24, 2.45) is 0 Å². The molecule has 2 aromatic rings. The Hall–Kier alpha value is -1.68. The van der Waals surface area contributed by atoms with Gasteiger partial charge in [0.2, 0.25) is 0 Å². The molecule has 0 aliphatic rings. The molecule has 1 unspecified atom stereocenters. The van der Waals surface area contributed by atoms with Crippen LogP contribution in [0.4, 0.5) is 0 Å². The van der Waals surface area contributed by atoms with Gasteiger partial charge in [-0.05, 0) is 53.4 Å². The molecule has 0 amide bonds. The number of carboxylic acids is 1. The van der Waals surface area contributed by atoms with Gasteiger partial charge in [-0.15, -0.1) is 0 Å². The summed E-state index contributed by atoms with van der Waals surface area (Å²) >= 11 is 3.42. The Morgan fingerprint density at radius 1 is 1.25 bits per heavy atom. The van der Waals surface area contributed by atoms with Crippen molar-refractivity contribution in [3.05, 3.63) is 63.4 Å². The van der Waals surface area contributed by atoms with E-state index in [0.29, 0.717) is 12.1 Å². The minimum Gasteiger partial charge on any atom is -0.481 e. The lowest BCUT2D eigenvalue weighted by Gasteiger charge is -2.14. The number of aliphatic carboxylic acids is 1. The largest absolute Gasteiger partial charge is 0.481 e. The van der Waals surface area contributed by atoms with E-state index in [1.807, 2.05) is 44.2 Å². The van der Waals surface area contributed by atoms with Crippen LogP contribution in [-0.2, 0) is 11.2 Å². The SMILES string of the molecule is Cc1ccc(CC(C(=O)O)c2ncc(C)cc2Br)cc1. The number of aromatic nitrogens is 1. The number of hydrogen-bond acceptors (Lipinski definition) is 2. The van der Waals surface area contributed by atoms with Crippen LogP contribution < -0.4 is 0 Å². The van der Waals surface area contributed by atoms with Crippen LogP contribution in [0.5, 0.6) is 0 Å². The van der Waals surface area contributed by atoms with Gasteiger partial charge in [0.05, 0.1) is 5.69 Å². The molecule has 0 fully saturated rings. The zero-order valence-electron chi connectivity index (χ0n) is 11.4. The molecule has 2 rings (SSSR count). The number of rotatable bonds is 4. The number of aryl methyl sites for hydroxylation is 2. The van der Waals surface area contributed by atoms with Crippen LogP contribution in [0, 0.1) is 13.8 Å². The maximum absolute atomic E-state index is 11.5. The maximum Gasteiger partial charge on any atom is 0.312 e. The molecule has 0 bridgehead atoms. The van der Waals surface area contributed by atoms with E-state index in [-0.39, 0.29) is 0 Å². The molecule has 104 valence electrons. The zero-order valence-corrected chi connectivity index (χ0v) is 13.0. The van der Waals surface area contributed by atoms with Gasteiger partial charge in [0.1, 0.15) is 5.92 Å². The molecule has 0 spiro atoms. The second kappa shape index (κ2) is 6.18. The number of carbonyl (C=O) groups is 1. The van der Waals surface area contributed by atoms with Crippen LogP contribution in [-0.4, -0.2) is 16.1 Å². The van der Waals surface area contributed by atoms with Crippen LogP contribution in [0.25, 0.3) is 0 Å². The van der Waals surface area contributed by atoms with Crippen molar-refractivity contribution in [2.75, 3.05) is 0 Å².